The van der Waals surface area contributed by atoms with Crippen molar-refractivity contribution in [3.63, 3.8) is 0 Å². The summed E-state index contributed by atoms with van der Waals surface area (Å²) in [6.45, 7) is 3.21. The number of hydrogen-bond acceptors (Lipinski definition) is 5. The summed E-state index contributed by atoms with van der Waals surface area (Å²) in [7, 11) is 1.65. The number of hydrogen-bond donors (Lipinski definition) is 0. The molecule has 0 spiro atoms. The van der Waals surface area contributed by atoms with Crippen molar-refractivity contribution in [2.75, 3.05) is 30.9 Å². The van der Waals surface area contributed by atoms with Crippen LogP contribution < -0.4 is 9.64 Å². The number of amidine groups is 1. The number of halogens is 1. The number of anilines is 1. The van der Waals surface area contributed by atoms with Crippen molar-refractivity contribution in [3.8, 4) is 5.75 Å². The number of carbonyl (C=O) groups is 1. The highest BCUT2D eigenvalue weighted by Gasteiger charge is 2.20. The molecule has 0 amide bonds. The third-order valence-corrected chi connectivity index (χ3v) is 5.48. The Morgan fingerprint density at radius 3 is 2.41 bits per heavy atom. The van der Waals surface area contributed by atoms with Gasteiger partial charge in [0.05, 0.1) is 13.7 Å². The maximum absolute atomic E-state index is 12.9. The number of carbonyl (C=O) groups excluding carboxylic acids is 1. The van der Waals surface area contributed by atoms with Crippen LogP contribution in [0.1, 0.15) is 29.3 Å². The first-order valence-corrected chi connectivity index (χ1v) is 9.91. The average Bonchev–Trinajstić information content (AvgIpc) is 2.72. The molecule has 0 radical (unpaired) electrons. The van der Waals surface area contributed by atoms with Gasteiger partial charge in [0.15, 0.2) is 11.0 Å². The lowest BCUT2D eigenvalue weighted by Gasteiger charge is -2.27. The van der Waals surface area contributed by atoms with E-state index in [2.05, 4.69) is 11.9 Å². The van der Waals surface area contributed by atoms with Crippen LogP contribution in [0.5, 0.6) is 5.75 Å². The number of rotatable bonds is 6. The van der Waals surface area contributed by atoms with E-state index in [9.17, 15) is 4.79 Å². The molecule has 0 fully saturated rings. The van der Waals surface area contributed by atoms with Crippen molar-refractivity contribution >= 4 is 45.4 Å². The van der Waals surface area contributed by atoms with E-state index < -0.39 is 0 Å². The van der Waals surface area contributed by atoms with Gasteiger partial charge in [-0.05, 0) is 42.7 Å². The molecule has 0 aromatic heterocycles. The molecular weight excluding hydrogens is 424 g/mol. The molecule has 1 aliphatic rings. The Labute approximate surface area is 175 Å². The molecule has 0 N–H and O–H groups in total. The number of methoxy groups -OCH3 is 1. The normalized spacial score (nSPS) is 13.3. The lowest BCUT2D eigenvalue weighted by Crippen LogP contribution is -2.35. The highest BCUT2D eigenvalue weighted by molar-refractivity contribution is 8.93. The fraction of sp³-hybridized carbons (Fsp3) is 0.333. The highest BCUT2D eigenvalue weighted by atomic mass is 79.9. The van der Waals surface area contributed by atoms with Crippen LogP contribution in [0.15, 0.2) is 53.5 Å². The molecule has 0 saturated heterocycles. The second-order valence-corrected chi connectivity index (χ2v) is 7.19. The summed E-state index contributed by atoms with van der Waals surface area (Å²) in [5.41, 5.74) is 2.93. The molecule has 0 atom stereocenters. The molecule has 0 aliphatic carbocycles. The minimum Gasteiger partial charge on any atom is -0.497 e. The summed E-state index contributed by atoms with van der Waals surface area (Å²) in [4.78, 5) is 19.5. The van der Waals surface area contributed by atoms with Gasteiger partial charge in [-0.3, -0.25) is 9.79 Å². The lowest BCUT2D eigenvalue weighted by molar-refractivity contribution is 0.100. The standard InChI is InChI=1S/C21H24N2O2S.BrH/c1-3-16-5-7-17(8-6-16)20(24)15-23(21-22-13-4-14-26-21)18-9-11-19(25-2)12-10-18;/h5-12H,3-4,13-15H2,1-2H3;1H. The van der Waals surface area contributed by atoms with Gasteiger partial charge < -0.3 is 9.64 Å². The average molecular weight is 449 g/mol. The Kier molecular flexibility index (Phi) is 8.38. The molecule has 6 heteroatoms. The summed E-state index contributed by atoms with van der Waals surface area (Å²) in [5, 5.41) is 0.917. The number of ketones is 1. The van der Waals surface area contributed by atoms with Crippen LogP contribution in [-0.2, 0) is 6.42 Å². The van der Waals surface area contributed by atoms with E-state index in [1.54, 1.807) is 18.9 Å². The van der Waals surface area contributed by atoms with Crippen molar-refractivity contribution in [1.29, 1.82) is 0 Å². The third kappa shape index (κ3) is 5.59. The molecule has 1 heterocycles. The van der Waals surface area contributed by atoms with Gasteiger partial charge in [-0.25, -0.2) is 0 Å². The quantitative estimate of drug-likeness (QED) is 0.581. The van der Waals surface area contributed by atoms with Crippen LogP contribution in [0.4, 0.5) is 5.69 Å². The van der Waals surface area contributed by atoms with E-state index >= 15 is 0 Å². The molecule has 2 aromatic carbocycles. The van der Waals surface area contributed by atoms with Crippen molar-refractivity contribution in [3.05, 3.63) is 59.7 Å². The number of benzene rings is 2. The summed E-state index contributed by atoms with van der Waals surface area (Å²) >= 11 is 1.71. The SMILES string of the molecule is Br.CCc1ccc(C(=O)CN(C2=NCCCS2)c2ccc(OC)cc2)cc1. The molecule has 2 aromatic rings. The molecule has 144 valence electrons. The molecule has 1 aliphatic heterocycles. The Hall–Kier alpha value is -1.79. The van der Waals surface area contributed by atoms with Crippen LogP contribution >= 0.6 is 28.7 Å². The van der Waals surface area contributed by atoms with Gasteiger partial charge in [-0.15, -0.1) is 17.0 Å². The Morgan fingerprint density at radius 1 is 1.15 bits per heavy atom. The third-order valence-electron chi connectivity index (χ3n) is 4.38. The Morgan fingerprint density at radius 2 is 1.85 bits per heavy atom. The maximum Gasteiger partial charge on any atom is 0.182 e. The minimum absolute atomic E-state index is 0. The van der Waals surface area contributed by atoms with Crippen molar-refractivity contribution in [2.24, 2.45) is 4.99 Å². The number of nitrogens with zero attached hydrogens (tertiary/aromatic N) is 2. The van der Waals surface area contributed by atoms with Crippen molar-refractivity contribution in [1.82, 2.24) is 0 Å². The fourth-order valence-electron chi connectivity index (χ4n) is 2.80. The van der Waals surface area contributed by atoms with E-state index in [0.717, 1.165) is 47.3 Å². The monoisotopic (exact) mass is 448 g/mol. The number of ether oxygens (including phenoxy) is 1. The molecule has 0 unspecified atom stereocenters. The molecular formula is C21H25BrN2O2S. The molecule has 0 saturated carbocycles. The van der Waals surface area contributed by atoms with Gasteiger partial charge in [-0.2, -0.15) is 0 Å². The van der Waals surface area contributed by atoms with Crippen LogP contribution in [-0.4, -0.2) is 36.9 Å². The van der Waals surface area contributed by atoms with Gasteiger partial charge in [0.1, 0.15) is 5.75 Å². The summed E-state index contributed by atoms with van der Waals surface area (Å²) < 4.78 is 5.25. The molecule has 27 heavy (non-hydrogen) atoms. The summed E-state index contributed by atoms with van der Waals surface area (Å²) in [5.74, 6) is 1.93. The Bertz CT molecular complexity index is 776. The second kappa shape index (κ2) is 10.5. The largest absolute Gasteiger partial charge is 0.497 e. The van der Waals surface area contributed by atoms with Gasteiger partial charge in [-0.1, -0.05) is 43.0 Å². The van der Waals surface area contributed by atoms with E-state index in [4.69, 9.17) is 4.74 Å². The van der Waals surface area contributed by atoms with Crippen LogP contribution in [0.3, 0.4) is 0 Å². The zero-order valence-electron chi connectivity index (χ0n) is 15.7. The fourth-order valence-corrected chi connectivity index (χ4v) is 3.77. The van der Waals surface area contributed by atoms with E-state index in [-0.39, 0.29) is 29.3 Å². The first-order chi connectivity index (χ1) is 12.7. The van der Waals surface area contributed by atoms with Crippen molar-refractivity contribution < 1.29 is 9.53 Å². The number of Topliss-reactive ketones (excluding diaryl/α,β-unsaturated/α-hetero) is 1. The predicted molar refractivity (Wildman–Crippen MR) is 120 cm³/mol. The number of aliphatic imine (C=N–C) groups is 1. The van der Waals surface area contributed by atoms with Crippen molar-refractivity contribution in [2.45, 2.75) is 19.8 Å². The maximum atomic E-state index is 12.9. The highest BCUT2D eigenvalue weighted by Crippen LogP contribution is 2.25. The summed E-state index contributed by atoms with van der Waals surface area (Å²) in [6, 6.07) is 15.7. The first-order valence-electron chi connectivity index (χ1n) is 8.92. The zero-order valence-corrected chi connectivity index (χ0v) is 18.2. The number of aryl methyl sites for hydroxylation is 1. The van der Waals surface area contributed by atoms with Gasteiger partial charge in [0.25, 0.3) is 0 Å². The summed E-state index contributed by atoms with van der Waals surface area (Å²) in [6.07, 6.45) is 2.05. The van der Waals surface area contributed by atoms with Crippen LogP contribution in [0.25, 0.3) is 0 Å². The number of thioether (sulfide) groups is 1. The van der Waals surface area contributed by atoms with E-state index in [1.807, 2.05) is 53.4 Å². The van der Waals surface area contributed by atoms with Gasteiger partial charge in [0, 0.05) is 23.5 Å². The van der Waals surface area contributed by atoms with E-state index in [1.165, 1.54) is 5.56 Å². The van der Waals surface area contributed by atoms with Gasteiger partial charge in [0.2, 0.25) is 0 Å². The van der Waals surface area contributed by atoms with Crippen LogP contribution in [0, 0.1) is 0 Å². The lowest BCUT2D eigenvalue weighted by atomic mass is 10.1. The van der Waals surface area contributed by atoms with Crippen LogP contribution in [0.2, 0.25) is 0 Å². The topological polar surface area (TPSA) is 41.9 Å². The molecule has 3 rings (SSSR count). The zero-order chi connectivity index (χ0) is 18.4. The van der Waals surface area contributed by atoms with E-state index in [0.29, 0.717) is 0 Å². The predicted octanol–water partition coefficient (Wildman–Crippen LogP) is 5.02. The molecule has 0 bridgehead atoms. The molecule has 4 nitrogen and oxygen atoms in total. The smallest absolute Gasteiger partial charge is 0.182 e. The second-order valence-electron chi connectivity index (χ2n) is 6.12. The van der Waals surface area contributed by atoms with Gasteiger partial charge >= 0.3 is 0 Å². The minimum atomic E-state index is 0. The first kappa shape index (κ1) is 21.5. The Balaban J connectivity index is 0.00000261.